The van der Waals surface area contributed by atoms with Crippen LogP contribution in [-0.2, 0) is 9.53 Å². The molecule has 0 aromatic carbocycles. The Morgan fingerprint density at radius 3 is 3.00 bits per heavy atom. The number of nitrogens with zero attached hydrogens (tertiary/aromatic N) is 3. The van der Waals surface area contributed by atoms with Gasteiger partial charge in [-0.1, -0.05) is 9.94 Å². The van der Waals surface area contributed by atoms with Crippen LogP contribution in [0.25, 0.3) is 11.3 Å². The maximum atomic E-state index is 13.0. The lowest BCUT2D eigenvalue weighted by Crippen LogP contribution is -2.14. The van der Waals surface area contributed by atoms with Gasteiger partial charge in [-0.3, -0.25) is 0 Å². The van der Waals surface area contributed by atoms with Gasteiger partial charge in [0.1, 0.15) is 5.69 Å². The molecule has 0 atom stereocenters. The summed E-state index contributed by atoms with van der Waals surface area (Å²) in [6.45, 7) is 1.60. The molecule has 2 aromatic rings. The van der Waals surface area contributed by atoms with Gasteiger partial charge in [0.05, 0.1) is 6.61 Å². The monoisotopic (exact) mass is 281 g/mol. The maximum Gasteiger partial charge on any atom is 0.344 e. The smallest absolute Gasteiger partial charge is 0.344 e. The first-order valence-corrected chi connectivity index (χ1v) is 5.80. The molecule has 8 heteroatoms. The Balaban J connectivity index is 2.12. The van der Waals surface area contributed by atoms with Gasteiger partial charge in [-0.05, 0) is 13.0 Å². The van der Waals surface area contributed by atoms with Crippen LogP contribution in [0.4, 0.5) is 4.39 Å². The zero-order valence-electron chi connectivity index (χ0n) is 10.6. The average molecular weight is 281 g/mol. The summed E-state index contributed by atoms with van der Waals surface area (Å²) >= 11 is 0. The predicted molar refractivity (Wildman–Crippen MR) is 64.7 cm³/mol. The number of halogens is 1. The van der Waals surface area contributed by atoms with E-state index in [2.05, 4.69) is 14.8 Å². The zero-order valence-corrected chi connectivity index (χ0v) is 10.6. The third-order valence-electron chi connectivity index (χ3n) is 2.33. The van der Waals surface area contributed by atoms with Gasteiger partial charge in [0.25, 0.3) is 0 Å². The molecule has 106 valence electrons. The molecule has 2 aromatic heterocycles. The first-order chi connectivity index (χ1) is 9.60. The molecule has 7 nitrogen and oxygen atoms in total. The Labute approximate surface area is 113 Å². The Morgan fingerprint density at radius 2 is 2.30 bits per heavy atom. The molecule has 0 bridgehead atoms. The second-order valence-corrected chi connectivity index (χ2v) is 3.72. The molecule has 20 heavy (non-hydrogen) atoms. The van der Waals surface area contributed by atoms with Crippen LogP contribution in [0.15, 0.2) is 24.4 Å². The number of ether oxygens (including phenoxy) is 2. The molecule has 0 aliphatic rings. The number of aromatic nitrogens is 3. The molecule has 1 N–H and O–H groups in total. The van der Waals surface area contributed by atoms with Crippen LogP contribution >= 0.6 is 0 Å². The fourth-order valence-electron chi connectivity index (χ4n) is 1.52. The summed E-state index contributed by atoms with van der Waals surface area (Å²) in [7, 11) is 0. The molecule has 0 aliphatic heterocycles. The fraction of sp³-hybridized carbons (Fsp3) is 0.250. The van der Waals surface area contributed by atoms with Gasteiger partial charge < -0.3 is 14.7 Å². The van der Waals surface area contributed by atoms with Crippen LogP contribution in [0.3, 0.4) is 0 Å². The van der Waals surface area contributed by atoms with E-state index in [1.807, 2.05) is 0 Å². The van der Waals surface area contributed by atoms with Crippen LogP contribution in [0.2, 0.25) is 0 Å². The molecular formula is C12H12FN3O4. The topological polar surface area (TPSA) is 86.5 Å². The van der Waals surface area contributed by atoms with Gasteiger partial charge in [-0.25, -0.2) is 9.78 Å². The van der Waals surface area contributed by atoms with Gasteiger partial charge in [0, 0.05) is 23.9 Å². The van der Waals surface area contributed by atoms with E-state index in [1.165, 1.54) is 18.3 Å². The minimum atomic E-state index is -0.683. The summed E-state index contributed by atoms with van der Waals surface area (Å²) in [6, 6.07) is 4.01. The minimum absolute atomic E-state index is 0.0211. The fourth-order valence-corrected chi connectivity index (χ4v) is 1.52. The van der Waals surface area contributed by atoms with E-state index in [1.54, 1.807) is 6.92 Å². The molecule has 2 heterocycles. The first kappa shape index (κ1) is 13.8. The lowest BCUT2D eigenvalue weighted by molar-refractivity contribution is -0.145. The molecule has 0 radical (unpaired) electrons. The Morgan fingerprint density at radius 1 is 1.50 bits per heavy atom. The highest BCUT2D eigenvalue weighted by Gasteiger charge is 2.12. The Hall–Kier alpha value is -2.64. The van der Waals surface area contributed by atoms with Crippen molar-refractivity contribution in [2.24, 2.45) is 0 Å². The van der Waals surface area contributed by atoms with Crippen molar-refractivity contribution in [3.63, 3.8) is 0 Å². The van der Waals surface area contributed by atoms with E-state index in [-0.39, 0.29) is 24.8 Å². The van der Waals surface area contributed by atoms with E-state index in [9.17, 15) is 14.4 Å². The first-order valence-electron chi connectivity index (χ1n) is 5.80. The van der Waals surface area contributed by atoms with Gasteiger partial charge in [0.2, 0.25) is 11.8 Å². The van der Waals surface area contributed by atoms with Crippen LogP contribution in [-0.4, -0.2) is 39.3 Å². The van der Waals surface area contributed by atoms with Crippen LogP contribution in [0.5, 0.6) is 5.88 Å². The van der Waals surface area contributed by atoms with Crippen molar-refractivity contribution in [1.29, 1.82) is 0 Å². The van der Waals surface area contributed by atoms with Crippen molar-refractivity contribution in [3.05, 3.63) is 30.3 Å². The highest BCUT2D eigenvalue weighted by molar-refractivity contribution is 5.71. The number of carbonyl (C=O) groups is 1. The third-order valence-corrected chi connectivity index (χ3v) is 2.33. The number of hydrogen-bond acceptors (Lipinski definition) is 6. The van der Waals surface area contributed by atoms with Gasteiger partial charge in [-0.15, -0.1) is 0 Å². The minimum Gasteiger partial charge on any atom is -0.464 e. The van der Waals surface area contributed by atoms with Crippen LogP contribution in [0.1, 0.15) is 6.92 Å². The standard InChI is InChI=1S/C12H12FN3O4/c1-2-19-12(17)7-20-11-6-9(16(18)15-11)8-3-4-14-10(13)5-8/h3-6,18H,2,7H2,1H3. The lowest BCUT2D eigenvalue weighted by Gasteiger charge is -2.01. The molecule has 0 unspecified atom stereocenters. The quantitative estimate of drug-likeness (QED) is 0.504. The number of rotatable bonds is 5. The van der Waals surface area contributed by atoms with Crippen molar-refractivity contribution < 1.29 is 23.9 Å². The molecule has 0 saturated heterocycles. The Bertz CT molecular complexity index is 614. The lowest BCUT2D eigenvalue weighted by atomic mass is 10.2. The highest BCUT2D eigenvalue weighted by atomic mass is 19.1. The number of esters is 1. The highest BCUT2D eigenvalue weighted by Crippen LogP contribution is 2.22. The van der Waals surface area contributed by atoms with Crippen molar-refractivity contribution in [2.75, 3.05) is 13.2 Å². The summed E-state index contributed by atoms with van der Waals surface area (Å²) in [6.07, 6.45) is 1.26. The van der Waals surface area contributed by atoms with Crippen molar-refractivity contribution in [1.82, 2.24) is 14.9 Å². The van der Waals surface area contributed by atoms with E-state index < -0.39 is 11.9 Å². The summed E-state index contributed by atoms with van der Waals surface area (Å²) in [4.78, 5) is 15.1. The largest absolute Gasteiger partial charge is 0.464 e. The van der Waals surface area contributed by atoms with Crippen molar-refractivity contribution >= 4 is 5.97 Å². The van der Waals surface area contributed by atoms with Crippen molar-refractivity contribution in [3.8, 4) is 17.1 Å². The van der Waals surface area contributed by atoms with Gasteiger partial charge in [0.15, 0.2) is 6.61 Å². The van der Waals surface area contributed by atoms with Crippen LogP contribution < -0.4 is 4.74 Å². The molecular weight excluding hydrogens is 269 g/mol. The third kappa shape index (κ3) is 3.22. The average Bonchev–Trinajstić information content (AvgIpc) is 2.78. The van der Waals surface area contributed by atoms with Crippen LogP contribution in [0, 0.1) is 5.95 Å². The second-order valence-electron chi connectivity index (χ2n) is 3.72. The number of hydrogen-bond donors (Lipinski definition) is 1. The second kappa shape index (κ2) is 6.00. The van der Waals surface area contributed by atoms with E-state index in [0.717, 1.165) is 6.07 Å². The molecule has 0 aliphatic carbocycles. The zero-order chi connectivity index (χ0) is 14.5. The molecule has 2 rings (SSSR count). The van der Waals surface area contributed by atoms with E-state index in [0.29, 0.717) is 10.4 Å². The summed E-state index contributed by atoms with van der Waals surface area (Å²) < 4.78 is 22.8. The number of pyridine rings is 1. The molecule has 0 spiro atoms. The molecule has 0 fully saturated rings. The van der Waals surface area contributed by atoms with Gasteiger partial charge >= 0.3 is 5.97 Å². The van der Waals surface area contributed by atoms with E-state index in [4.69, 9.17) is 4.74 Å². The summed E-state index contributed by atoms with van der Waals surface area (Å²) in [5, 5.41) is 13.3. The number of carbonyl (C=O) groups excluding carboxylic acids is 1. The molecule has 0 amide bonds. The summed E-state index contributed by atoms with van der Waals surface area (Å²) in [5.74, 6) is -1.21. The summed E-state index contributed by atoms with van der Waals surface area (Å²) in [5.41, 5.74) is 0.587. The SMILES string of the molecule is CCOC(=O)COc1cc(-c2ccnc(F)c2)n(O)n1. The van der Waals surface area contributed by atoms with Crippen molar-refractivity contribution in [2.45, 2.75) is 6.92 Å². The predicted octanol–water partition coefficient (Wildman–Crippen LogP) is 1.26. The van der Waals surface area contributed by atoms with E-state index >= 15 is 0 Å². The maximum absolute atomic E-state index is 13.0. The Kier molecular flexibility index (Phi) is 4.14. The normalized spacial score (nSPS) is 10.3. The molecule has 0 saturated carbocycles. The van der Waals surface area contributed by atoms with Gasteiger partial charge in [-0.2, -0.15) is 4.39 Å².